The van der Waals surface area contributed by atoms with Crippen LogP contribution in [0.4, 0.5) is 0 Å². The molecule has 0 aromatic heterocycles. The van der Waals surface area contributed by atoms with Crippen LogP contribution in [0.15, 0.2) is 24.3 Å². The van der Waals surface area contributed by atoms with E-state index in [9.17, 15) is 5.11 Å². The Morgan fingerprint density at radius 1 is 1.11 bits per heavy atom. The van der Waals surface area contributed by atoms with Gasteiger partial charge in [-0.15, -0.1) is 0 Å². The normalized spacial score (nSPS) is 18.7. The van der Waals surface area contributed by atoms with Gasteiger partial charge in [-0.1, -0.05) is 38.1 Å². The summed E-state index contributed by atoms with van der Waals surface area (Å²) in [5.74, 6) is 0.548. The molecule has 0 bridgehead atoms. The van der Waals surface area contributed by atoms with E-state index < -0.39 is 0 Å². The zero-order valence-corrected chi connectivity index (χ0v) is 12.1. The van der Waals surface area contributed by atoms with Crippen molar-refractivity contribution < 1.29 is 5.11 Å². The summed E-state index contributed by atoms with van der Waals surface area (Å²) in [7, 11) is 0. The molecule has 1 aliphatic rings. The summed E-state index contributed by atoms with van der Waals surface area (Å²) in [4.78, 5) is 2.42. The maximum absolute atomic E-state index is 10.2. The number of hydrogen-bond acceptors (Lipinski definition) is 3. The lowest BCUT2D eigenvalue weighted by atomic mass is 9.99. The Morgan fingerprint density at radius 3 is 2.26 bits per heavy atom. The Kier molecular flexibility index (Phi) is 5.37. The summed E-state index contributed by atoms with van der Waals surface area (Å²) < 4.78 is 0. The van der Waals surface area contributed by atoms with Gasteiger partial charge in [-0.05, 0) is 23.5 Å². The number of aliphatic hydroxyl groups excluding tert-OH is 1. The first-order valence-corrected chi connectivity index (χ1v) is 7.38. The van der Waals surface area contributed by atoms with Crippen molar-refractivity contribution in [3.8, 4) is 0 Å². The fourth-order valence-electron chi connectivity index (χ4n) is 2.51. The van der Waals surface area contributed by atoms with Crippen molar-refractivity contribution in [1.82, 2.24) is 10.2 Å². The highest BCUT2D eigenvalue weighted by molar-refractivity contribution is 5.26. The topological polar surface area (TPSA) is 35.5 Å². The fourth-order valence-corrected chi connectivity index (χ4v) is 2.51. The molecule has 1 fully saturated rings. The van der Waals surface area contributed by atoms with E-state index in [1.165, 1.54) is 5.56 Å². The van der Waals surface area contributed by atoms with Gasteiger partial charge in [-0.25, -0.2) is 0 Å². The number of benzene rings is 1. The van der Waals surface area contributed by atoms with Crippen LogP contribution in [0.2, 0.25) is 0 Å². The Balaban J connectivity index is 1.83. The van der Waals surface area contributed by atoms with Crippen LogP contribution >= 0.6 is 0 Å². The van der Waals surface area contributed by atoms with Gasteiger partial charge in [0.25, 0.3) is 0 Å². The second-order valence-corrected chi connectivity index (χ2v) is 5.72. The third kappa shape index (κ3) is 4.30. The number of rotatable bonds is 5. The Morgan fingerprint density at radius 2 is 1.68 bits per heavy atom. The molecule has 1 unspecified atom stereocenters. The molecule has 1 aliphatic heterocycles. The molecule has 1 saturated heterocycles. The van der Waals surface area contributed by atoms with E-state index in [0.717, 1.165) is 44.7 Å². The van der Waals surface area contributed by atoms with Crippen LogP contribution in [-0.2, 0) is 0 Å². The van der Waals surface area contributed by atoms with Crippen molar-refractivity contribution in [2.75, 3.05) is 32.7 Å². The van der Waals surface area contributed by atoms with Crippen LogP contribution < -0.4 is 5.32 Å². The van der Waals surface area contributed by atoms with Crippen molar-refractivity contribution >= 4 is 0 Å². The van der Waals surface area contributed by atoms with Crippen LogP contribution in [0.5, 0.6) is 0 Å². The first-order chi connectivity index (χ1) is 9.16. The molecule has 0 radical (unpaired) electrons. The smallest absolute Gasteiger partial charge is 0.0802 e. The molecule has 0 amide bonds. The molecule has 1 atom stereocenters. The maximum Gasteiger partial charge on any atom is 0.0802 e. The minimum atomic E-state index is -0.337. The quantitative estimate of drug-likeness (QED) is 0.853. The predicted octanol–water partition coefficient (Wildman–Crippen LogP) is 2.14. The average Bonchev–Trinajstić information content (AvgIpc) is 2.46. The zero-order valence-electron chi connectivity index (χ0n) is 12.1. The molecule has 3 heteroatoms. The van der Waals surface area contributed by atoms with Gasteiger partial charge in [-0.2, -0.15) is 0 Å². The number of nitrogens with zero attached hydrogens (tertiary/aromatic N) is 1. The van der Waals surface area contributed by atoms with Gasteiger partial charge < -0.3 is 15.3 Å². The Labute approximate surface area is 116 Å². The molecule has 106 valence electrons. The van der Waals surface area contributed by atoms with Gasteiger partial charge in [0.15, 0.2) is 0 Å². The summed E-state index contributed by atoms with van der Waals surface area (Å²) in [5, 5.41) is 13.6. The first kappa shape index (κ1) is 14.5. The molecular formula is C16H26N2O. The number of hydrogen-bond donors (Lipinski definition) is 2. The highest BCUT2D eigenvalue weighted by Gasteiger charge is 2.13. The molecule has 19 heavy (non-hydrogen) atoms. The molecule has 0 saturated carbocycles. The molecular weight excluding hydrogens is 236 g/mol. The van der Waals surface area contributed by atoms with Crippen LogP contribution in [0.25, 0.3) is 0 Å². The average molecular weight is 262 g/mol. The highest BCUT2D eigenvalue weighted by atomic mass is 16.3. The van der Waals surface area contributed by atoms with Crippen LogP contribution in [0, 0.1) is 0 Å². The van der Waals surface area contributed by atoms with Crippen molar-refractivity contribution in [2.45, 2.75) is 32.3 Å². The second-order valence-electron chi connectivity index (χ2n) is 5.72. The standard InChI is InChI=1S/C16H26N2O/c1-13(2)14-3-5-15(6-4-14)16(19)7-10-18-11-8-17-9-12-18/h3-6,13,16-17,19H,7-12H2,1-2H3. The zero-order chi connectivity index (χ0) is 13.7. The first-order valence-electron chi connectivity index (χ1n) is 7.38. The number of nitrogens with one attached hydrogen (secondary N) is 1. The molecule has 1 heterocycles. The lowest BCUT2D eigenvalue weighted by Gasteiger charge is -2.28. The van der Waals surface area contributed by atoms with Gasteiger partial charge >= 0.3 is 0 Å². The van der Waals surface area contributed by atoms with Crippen molar-refractivity contribution in [2.24, 2.45) is 0 Å². The molecule has 0 aliphatic carbocycles. The van der Waals surface area contributed by atoms with Gasteiger partial charge in [0.05, 0.1) is 6.10 Å². The highest BCUT2D eigenvalue weighted by Crippen LogP contribution is 2.21. The van der Waals surface area contributed by atoms with Gasteiger partial charge in [0.2, 0.25) is 0 Å². The third-order valence-electron chi connectivity index (χ3n) is 3.92. The molecule has 2 N–H and O–H groups in total. The van der Waals surface area contributed by atoms with Crippen LogP contribution in [-0.4, -0.2) is 42.7 Å². The van der Waals surface area contributed by atoms with Crippen molar-refractivity contribution in [3.63, 3.8) is 0 Å². The SMILES string of the molecule is CC(C)c1ccc(C(O)CCN2CCNCC2)cc1. The third-order valence-corrected chi connectivity index (χ3v) is 3.92. The van der Waals surface area contributed by atoms with E-state index in [0.29, 0.717) is 5.92 Å². The molecule has 1 aromatic rings. The molecule has 3 nitrogen and oxygen atoms in total. The van der Waals surface area contributed by atoms with E-state index >= 15 is 0 Å². The van der Waals surface area contributed by atoms with E-state index in [2.05, 4.69) is 48.3 Å². The van der Waals surface area contributed by atoms with Gasteiger partial charge in [-0.3, -0.25) is 0 Å². The summed E-state index contributed by atoms with van der Waals surface area (Å²) in [5.41, 5.74) is 2.37. The lowest BCUT2D eigenvalue weighted by Crippen LogP contribution is -2.44. The second kappa shape index (κ2) is 7.04. The lowest BCUT2D eigenvalue weighted by molar-refractivity contribution is 0.136. The van der Waals surface area contributed by atoms with Gasteiger partial charge in [0.1, 0.15) is 0 Å². The minimum absolute atomic E-state index is 0.337. The fraction of sp³-hybridized carbons (Fsp3) is 0.625. The molecule has 2 rings (SSSR count). The summed E-state index contributed by atoms with van der Waals surface area (Å²) in [6, 6.07) is 8.40. The minimum Gasteiger partial charge on any atom is -0.388 e. The van der Waals surface area contributed by atoms with E-state index in [1.807, 2.05) is 0 Å². The molecule has 0 spiro atoms. The Hall–Kier alpha value is -0.900. The van der Waals surface area contributed by atoms with Crippen molar-refractivity contribution in [1.29, 1.82) is 0 Å². The van der Waals surface area contributed by atoms with E-state index in [-0.39, 0.29) is 6.10 Å². The van der Waals surface area contributed by atoms with Crippen LogP contribution in [0.3, 0.4) is 0 Å². The predicted molar refractivity (Wildman–Crippen MR) is 79.4 cm³/mol. The number of piperazine rings is 1. The largest absolute Gasteiger partial charge is 0.388 e. The summed E-state index contributed by atoms with van der Waals surface area (Å²) in [6.07, 6.45) is 0.484. The Bertz CT molecular complexity index is 369. The van der Waals surface area contributed by atoms with E-state index in [1.54, 1.807) is 0 Å². The summed E-state index contributed by atoms with van der Waals surface area (Å²) in [6.45, 7) is 9.69. The van der Waals surface area contributed by atoms with Gasteiger partial charge in [0, 0.05) is 32.7 Å². The number of aliphatic hydroxyl groups is 1. The molecule has 1 aromatic carbocycles. The van der Waals surface area contributed by atoms with Crippen LogP contribution in [0.1, 0.15) is 43.4 Å². The van der Waals surface area contributed by atoms with Crippen molar-refractivity contribution in [3.05, 3.63) is 35.4 Å². The maximum atomic E-state index is 10.2. The monoisotopic (exact) mass is 262 g/mol. The summed E-state index contributed by atoms with van der Waals surface area (Å²) >= 11 is 0. The van der Waals surface area contributed by atoms with E-state index in [4.69, 9.17) is 0 Å².